The number of amides is 3. The molecule has 3 aromatic rings. The minimum Gasteiger partial charge on any atom is -0.444 e. The Morgan fingerprint density at radius 3 is 2.13 bits per heavy atom. The smallest absolute Gasteiger partial charge is 0.408 e. The highest BCUT2D eigenvalue weighted by molar-refractivity contribution is 5.93. The highest BCUT2D eigenvalue weighted by Gasteiger charge is 2.33. The first kappa shape index (κ1) is 34.1. The van der Waals surface area contributed by atoms with Crippen molar-refractivity contribution < 1.29 is 19.1 Å². The number of carbonyl (C=O) groups excluding carboxylic acids is 3. The Morgan fingerprint density at radius 1 is 0.872 bits per heavy atom. The van der Waals surface area contributed by atoms with E-state index in [1.165, 1.54) is 6.42 Å². The molecule has 0 bridgehead atoms. The fourth-order valence-corrected chi connectivity index (χ4v) is 6.61. The maximum atomic E-state index is 13.2. The number of nitrogens with one attached hydrogen (secondary N) is 2. The van der Waals surface area contributed by atoms with E-state index < -0.39 is 17.2 Å². The second-order valence-electron chi connectivity index (χ2n) is 14.8. The van der Waals surface area contributed by atoms with Crippen LogP contribution in [0.1, 0.15) is 91.5 Å². The molecule has 5 rings (SSSR count). The lowest BCUT2D eigenvalue weighted by Crippen LogP contribution is -2.44. The van der Waals surface area contributed by atoms with Crippen molar-refractivity contribution in [3.63, 3.8) is 0 Å². The maximum Gasteiger partial charge on any atom is 0.408 e. The molecule has 8 heteroatoms. The third-order valence-electron chi connectivity index (χ3n) is 9.59. The van der Waals surface area contributed by atoms with Crippen LogP contribution in [0.5, 0.6) is 0 Å². The van der Waals surface area contributed by atoms with Gasteiger partial charge in [-0.05, 0) is 96.3 Å². The summed E-state index contributed by atoms with van der Waals surface area (Å²) in [5.74, 6) is 0.832. The minimum absolute atomic E-state index is 0.00928. The second-order valence-corrected chi connectivity index (χ2v) is 14.8. The molecule has 0 unspecified atom stereocenters. The minimum atomic E-state index is -0.646. The molecule has 2 aliphatic carbocycles. The lowest BCUT2D eigenvalue weighted by atomic mass is 9.81. The van der Waals surface area contributed by atoms with E-state index in [0.29, 0.717) is 23.9 Å². The number of ether oxygens (including phenoxy) is 1. The predicted molar refractivity (Wildman–Crippen MR) is 187 cm³/mol. The van der Waals surface area contributed by atoms with Crippen LogP contribution >= 0.6 is 0 Å². The van der Waals surface area contributed by atoms with Gasteiger partial charge in [-0.1, -0.05) is 61.0 Å². The Balaban J connectivity index is 1.25. The number of carbonyl (C=O) groups is 3. The average Bonchev–Trinajstić information content (AvgIpc) is 2.99. The summed E-state index contributed by atoms with van der Waals surface area (Å²) < 4.78 is 5.46. The van der Waals surface area contributed by atoms with E-state index in [1.54, 1.807) is 6.20 Å². The van der Waals surface area contributed by atoms with Gasteiger partial charge in [-0.15, -0.1) is 0 Å². The van der Waals surface area contributed by atoms with E-state index in [9.17, 15) is 14.4 Å². The standard InChI is InChI=1S/C39H50N4O4/c1-38(2,3)47-37(46)42-39(4,5)30-19-17-28(18-20-30)35-33(27-11-8-7-9-12-27)24-31(25-40-35)41-34(44)23-26-15-21-32(22-16-26)43(6)36(45)29-13-10-14-29/h7-9,11-12,17-20,24-26,29,32H,10,13-16,21-23H2,1-6H3,(H,41,44)(H,42,46). The highest BCUT2D eigenvalue weighted by Crippen LogP contribution is 2.35. The summed E-state index contributed by atoms with van der Waals surface area (Å²) in [6, 6.07) is 20.3. The van der Waals surface area contributed by atoms with Gasteiger partial charge in [0.2, 0.25) is 11.8 Å². The van der Waals surface area contributed by atoms with Gasteiger partial charge in [0, 0.05) is 36.6 Å². The molecule has 2 N–H and O–H groups in total. The third-order valence-corrected chi connectivity index (χ3v) is 9.59. The third kappa shape index (κ3) is 8.79. The Morgan fingerprint density at radius 2 is 1.53 bits per heavy atom. The number of anilines is 1. The molecule has 3 amide bonds. The lowest BCUT2D eigenvalue weighted by molar-refractivity contribution is -0.139. The van der Waals surface area contributed by atoms with Crippen LogP contribution in [0.3, 0.4) is 0 Å². The first-order valence-corrected chi connectivity index (χ1v) is 17.0. The fraction of sp³-hybridized carbons (Fsp3) is 0.487. The fourth-order valence-electron chi connectivity index (χ4n) is 6.61. The normalized spacial score (nSPS) is 18.5. The maximum absolute atomic E-state index is 13.2. The van der Waals surface area contributed by atoms with Crippen LogP contribution in [0.15, 0.2) is 66.9 Å². The van der Waals surface area contributed by atoms with Crippen molar-refractivity contribution >= 4 is 23.6 Å². The highest BCUT2D eigenvalue weighted by atomic mass is 16.6. The van der Waals surface area contributed by atoms with Crippen molar-refractivity contribution in [3.8, 4) is 22.4 Å². The number of pyridine rings is 1. The molecule has 0 aliphatic heterocycles. The van der Waals surface area contributed by atoms with Crippen molar-refractivity contribution in [1.29, 1.82) is 0 Å². The van der Waals surface area contributed by atoms with Crippen LogP contribution in [0.2, 0.25) is 0 Å². The molecular formula is C39H50N4O4. The van der Waals surface area contributed by atoms with E-state index in [0.717, 1.165) is 66.5 Å². The number of rotatable bonds is 9. The largest absolute Gasteiger partial charge is 0.444 e. The van der Waals surface area contributed by atoms with Crippen molar-refractivity contribution in [2.24, 2.45) is 11.8 Å². The van der Waals surface area contributed by atoms with Gasteiger partial charge in [-0.2, -0.15) is 0 Å². The molecule has 250 valence electrons. The Kier molecular flexibility index (Phi) is 10.4. The predicted octanol–water partition coefficient (Wildman–Crippen LogP) is 8.32. The van der Waals surface area contributed by atoms with E-state index in [4.69, 9.17) is 9.72 Å². The van der Waals surface area contributed by atoms with Crippen LogP contribution in [0.25, 0.3) is 22.4 Å². The van der Waals surface area contributed by atoms with Crippen molar-refractivity contribution in [3.05, 3.63) is 72.4 Å². The van der Waals surface area contributed by atoms with Crippen molar-refractivity contribution in [2.75, 3.05) is 12.4 Å². The zero-order valence-corrected chi connectivity index (χ0v) is 28.8. The number of aromatic nitrogens is 1. The SMILES string of the molecule is CN(C(=O)C1CCC1)C1CCC(CC(=O)Nc2cnc(-c3ccc(C(C)(C)NC(=O)OC(C)(C)C)cc3)c(-c3ccccc3)c2)CC1. The van der Waals surface area contributed by atoms with E-state index in [1.807, 2.05) is 107 Å². The summed E-state index contributed by atoms with van der Waals surface area (Å²) in [6.45, 7) is 9.41. The van der Waals surface area contributed by atoms with Crippen LogP contribution in [-0.2, 0) is 19.9 Å². The van der Waals surface area contributed by atoms with Crippen molar-refractivity contribution in [2.45, 2.75) is 103 Å². The quantitative estimate of drug-likeness (QED) is 0.246. The van der Waals surface area contributed by atoms with Crippen LogP contribution in [0.4, 0.5) is 10.5 Å². The molecule has 0 radical (unpaired) electrons. The Bertz CT molecular complexity index is 1550. The zero-order valence-electron chi connectivity index (χ0n) is 28.8. The Hall–Kier alpha value is -4.20. The van der Waals surface area contributed by atoms with Gasteiger partial charge in [0.05, 0.1) is 23.1 Å². The second kappa shape index (κ2) is 14.3. The van der Waals surface area contributed by atoms with Crippen molar-refractivity contribution in [1.82, 2.24) is 15.2 Å². The molecule has 0 saturated heterocycles. The van der Waals surface area contributed by atoms with Gasteiger partial charge in [0.15, 0.2) is 0 Å². The topological polar surface area (TPSA) is 101 Å². The lowest BCUT2D eigenvalue weighted by Gasteiger charge is -2.38. The van der Waals surface area contributed by atoms with Gasteiger partial charge in [0.25, 0.3) is 0 Å². The van der Waals surface area contributed by atoms with Gasteiger partial charge < -0.3 is 20.3 Å². The molecule has 1 aromatic heterocycles. The molecular weight excluding hydrogens is 588 g/mol. The molecule has 8 nitrogen and oxygen atoms in total. The Labute approximate surface area is 279 Å². The molecule has 2 aromatic carbocycles. The van der Waals surface area contributed by atoms with Crippen LogP contribution in [-0.4, -0.2) is 46.5 Å². The van der Waals surface area contributed by atoms with Gasteiger partial charge in [-0.3, -0.25) is 14.6 Å². The summed E-state index contributed by atoms with van der Waals surface area (Å²) >= 11 is 0. The number of hydrogen-bond donors (Lipinski definition) is 2. The molecule has 2 fully saturated rings. The van der Waals surface area contributed by atoms with Crippen LogP contribution in [0, 0.1) is 11.8 Å². The van der Waals surface area contributed by atoms with Gasteiger partial charge >= 0.3 is 6.09 Å². The monoisotopic (exact) mass is 638 g/mol. The first-order chi connectivity index (χ1) is 22.3. The van der Waals surface area contributed by atoms with Gasteiger partial charge in [-0.25, -0.2) is 4.79 Å². The summed E-state index contributed by atoms with van der Waals surface area (Å²) in [5, 5.41) is 6.07. The molecule has 2 saturated carbocycles. The van der Waals surface area contributed by atoms with Gasteiger partial charge in [0.1, 0.15) is 5.60 Å². The van der Waals surface area contributed by atoms with Crippen LogP contribution < -0.4 is 10.6 Å². The molecule has 0 atom stereocenters. The molecule has 47 heavy (non-hydrogen) atoms. The van der Waals surface area contributed by atoms with E-state index in [2.05, 4.69) is 10.6 Å². The number of nitrogens with zero attached hydrogens (tertiary/aromatic N) is 2. The molecule has 1 heterocycles. The average molecular weight is 639 g/mol. The zero-order chi connectivity index (χ0) is 33.8. The summed E-state index contributed by atoms with van der Waals surface area (Å²) in [7, 11) is 1.96. The number of hydrogen-bond acceptors (Lipinski definition) is 5. The van der Waals surface area contributed by atoms with E-state index in [-0.39, 0.29) is 17.9 Å². The molecule has 2 aliphatic rings. The summed E-state index contributed by atoms with van der Waals surface area (Å²) in [6.07, 6.45) is 8.75. The van der Waals surface area contributed by atoms with E-state index >= 15 is 0 Å². The number of alkyl carbamates (subject to hydrolysis) is 1. The summed E-state index contributed by atoms with van der Waals surface area (Å²) in [4.78, 5) is 45.2. The number of benzene rings is 2. The molecule has 0 spiro atoms. The summed E-state index contributed by atoms with van der Waals surface area (Å²) in [5.41, 5.74) is 4.02. The first-order valence-electron chi connectivity index (χ1n) is 17.0.